The van der Waals surface area contributed by atoms with E-state index in [9.17, 15) is 14.4 Å². The number of halogens is 1. The molecule has 202 valence electrons. The van der Waals surface area contributed by atoms with Gasteiger partial charge in [-0.05, 0) is 37.5 Å². The van der Waals surface area contributed by atoms with Crippen LogP contribution in [-0.4, -0.2) is 28.0 Å². The smallest absolute Gasteiger partial charge is 0.355 e. The van der Waals surface area contributed by atoms with Gasteiger partial charge >= 0.3 is 11.9 Å². The van der Waals surface area contributed by atoms with Gasteiger partial charge in [-0.15, -0.1) is 12.4 Å². The second-order valence-corrected chi connectivity index (χ2v) is 9.80. The second kappa shape index (κ2) is 10.3. The molecule has 3 N–H and O–H groups in total. The van der Waals surface area contributed by atoms with E-state index in [0.717, 1.165) is 53.5 Å². The first kappa shape index (κ1) is 27.4. The number of carbonyl (C=O) groups excluding carboxylic acids is 2. The number of nitrogen functional groups attached to an aromatic ring is 1. The number of unbranched alkanes of at least 4 members (excludes halogenated alkanes) is 2. The third-order valence-electron chi connectivity index (χ3n) is 7.48. The lowest BCUT2D eigenvalue weighted by molar-refractivity contribution is -0.188. The minimum absolute atomic E-state index is 0. The fourth-order valence-corrected chi connectivity index (χ4v) is 5.49. The Morgan fingerprint density at radius 2 is 2.00 bits per heavy atom. The summed E-state index contributed by atoms with van der Waals surface area (Å²) >= 11 is 0. The Balaban J connectivity index is 0.00000336. The van der Waals surface area contributed by atoms with Gasteiger partial charge in [0.15, 0.2) is 0 Å². The molecule has 0 aliphatic carbocycles. The Morgan fingerprint density at radius 1 is 1.24 bits per heavy atom. The van der Waals surface area contributed by atoms with Gasteiger partial charge < -0.3 is 25.1 Å². The van der Waals surface area contributed by atoms with Gasteiger partial charge in [-0.25, -0.2) is 9.78 Å². The summed E-state index contributed by atoms with van der Waals surface area (Å²) in [7, 11) is 0. The lowest BCUT2D eigenvalue weighted by atomic mass is 9.85. The van der Waals surface area contributed by atoms with Gasteiger partial charge in [0.25, 0.3) is 5.56 Å². The number of ether oxygens (including phenoxy) is 2. The van der Waals surface area contributed by atoms with Crippen LogP contribution in [0.1, 0.15) is 68.7 Å². The highest BCUT2D eigenvalue weighted by Gasteiger charge is 2.50. The molecule has 0 radical (unpaired) electrons. The number of aryl methyl sites for hydroxylation is 1. The number of hydrogen-bond donors (Lipinski definition) is 2. The predicted octanol–water partition coefficient (Wildman–Crippen LogP) is 4.56. The summed E-state index contributed by atoms with van der Waals surface area (Å²) < 4.78 is 12.6. The average Bonchev–Trinajstić information content (AvgIpc) is 3.24. The van der Waals surface area contributed by atoms with E-state index in [1.54, 1.807) is 17.6 Å². The van der Waals surface area contributed by atoms with E-state index in [4.69, 9.17) is 20.2 Å². The lowest BCUT2D eigenvalue weighted by Crippen LogP contribution is -2.47. The van der Waals surface area contributed by atoms with Crippen molar-refractivity contribution in [3.63, 3.8) is 0 Å². The van der Waals surface area contributed by atoms with Crippen LogP contribution in [0.25, 0.3) is 22.3 Å². The van der Waals surface area contributed by atoms with E-state index in [-0.39, 0.29) is 31.0 Å². The highest BCUT2D eigenvalue weighted by molar-refractivity contribution is 6.05. The molecule has 9 nitrogen and oxygen atoms in total. The largest absolute Gasteiger partial charge is 0.457 e. The first-order valence-electron chi connectivity index (χ1n) is 12.8. The van der Waals surface area contributed by atoms with Crippen LogP contribution in [0, 0.1) is 6.92 Å². The fraction of sp³-hybridized carbons (Fsp3) is 0.429. The van der Waals surface area contributed by atoms with Crippen LogP contribution in [0.3, 0.4) is 0 Å². The van der Waals surface area contributed by atoms with Crippen molar-refractivity contribution in [1.82, 2.24) is 9.55 Å². The van der Waals surface area contributed by atoms with Crippen LogP contribution in [0.4, 0.5) is 11.4 Å². The zero-order valence-corrected chi connectivity index (χ0v) is 22.9. The minimum atomic E-state index is -1.67. The summed E-state index contributed by atoms with van der Waals surface area (Å²) in [6, 6.07) is 5.64. The third-order valence-corrected chi connectivity index (χ3v) is 7.48. The molecule has 2 aliphatic rings. The number of nitrogens with one attached hydrogen (secondary N) is 1. The molecule has 3 aromatic rings. The Hall–Kier alpha value is -3.59. The van der Waals surface area contributed by atoms with E-state index in [1.807, 2.05) is 19.1 Å². The fourth-order valence-electron chi connectivity index (χ4n) is 5.49. The van der Waals surface area contributed by atoms with Crippen LogP contribution in [-0.2, 0) is 37.8 Å². The van der Waals surface area contributed by atoms with Gasteiger partial charge in [-0.2, -0.15) is 0 Å². The maximum atomic E-state index is 13.8. The van der Waals surface area contributed by atoms with E-state index in [1.165, 1.54) is 6.92 Å². The number of nitrogens with zero attached hydrogens (tertiary/aromatic N) is 2. The van der Waals surface area contributed by atoms with Crippen LogP contribution >= 0.6 is 12.4 Å². The summed E-state index contributed by atoms with van der Waals surface area (Å²) in [6.07, 6.45) is 3.34. The molecule has 4 heterocycles. The molecule has 0 fully saturated rings. The summed E-state index contributed by atoms with van der Waals surface area (Å²) in [5.41, 5.74) is 10.6. The minimum Gasteiger partial charge on any atom is -0.457 e. The number of nitrogens with two attached hydrogens (primary N) is 1. The summed E-state index contributed by atoms with van der Waals surface area (Å²) in [5.74, 6) is -1.30. The van der Waals surface area contributed by atoms with Gasteiger partial charge in [-0.1, -0.05) is 32.8 Å². The summed E-state index contributed by atoms with van der Waals surface area (Å²) in [6.45, 7) is 8.00. The highest BCUT2D eigenvalue weighted by Crippen LogP contribution is 2.44. The Morgan fingerprint density at radius 3 is 2.68 bits per heavy atom. The number of fused-ring (bicyclic) bond motifs is 5. The first-order valence-corrected chi connectivity index (χ1v) is 12.8. The SMILES string of the molecule is CCCCCNc1c2c(nc3ccc(C)c(N)c13)-c1cc3c(c(=O)n1C2)COC(=O)[C@@]3(CC)OC(C)=O.Cl. The van der Waals surface area contributed by atoms with Crippen molar-refractivity contribution in [2.75, 3.05) is 17.6 Å². The molecular formula is C28H33ClN4O5. The molecular weight excluding hydrogens is 508 g/mol. The molecule has 2 aromatic heterocycles. The van der Waals surface area contributed by atoms with Crippen molar-refractivity contribution in [3.05, 3.63) is 50.8 Å². The molecule has 10 heteroatoms. The Kier molecular flexibility index (Phi) is 7.43. The molecule has 1 aromatic carbocycles. The van der Waals surface area contributed by atoms with Crippen molar-refractivity contribution < 1.29 is 19.1 Å². The standard InChI is InChI=1S/C28H32N4O5.ClH/c1-5-7-8-11-30-25-17-13-32-21(24(17)31-20-10-9-15(3)23(29)22(20)25)12-19-18(26(32)34)14-36-27(35)28(19,6-2)37-16(4)33;/h9-10,12H,5-8,11,13-14,29H2,1-4H3,(H,30,31);1H/t28-;/m0./s1. The molecule has 1 atom stereocenters. The van der Waals surface area contributed by atoms with Gasteiger partial charge in [0.05, 0.1) is 34.7 Å². The van der Waals surface area contributed by atoms with E-state index in [2.05, 4.69) is 12.2 Å². The summed E-state index contributed by atoms with van der Waals surface area (Å²) in [5, 5.41) is 4.44. The van der Waals surface area contributed by atoms with Crippen LogP contribution in [0.15, 0.2) is 23.0 Å². The molecule has 2 aliphatic heterocycles. The number of esters is 2. The van der Waals surface area contributed by atoms with Crippen molar-refractivity contribution in [3.8, 4) is 11.4 Å². The maximum Gasteiger partial charge on any atom is 0.355 e. The quantitative estimate of drug-likeness (QED) is 0.198. The van der Waals surface area contributed by atoms with Crippen LogP contribution < -0.4 is 16.6 Å². The number of carbonyl (C=O) groups is 2. The third kappa shape index (κ3) is 4.09. The zero-order chi connectivity index (χ0) is 26.5. The number of anilines is 2. The number of cyclic esters (lactones) is 1. The number of benzene rings is 1. The topological polar surface area (TPSA) is 126 Å². The van der Waals surface area contributed by atoms with Gasteiger partial charge in [0.1, 0.15) is 6.61 Å². The van der Waals surface area contributed by atoms with Gasteiger partial charge in [-0.3, -0.25) is 9.59 Å². The Bertz CT molecular complexity index is 1520. The van der Waals surface area contributed by atoms with Gasteiger partial charge in [0, 0.05) is 35.7 Å². The molecule has 0 amide bonds. The lowest BCUT2D eigenvalue weighted by Gasteiger charge is -2.35. The molecule has 0 unspecified atom stereocenters. The molecule has 38 heavy (non-hydrogen) atoms. The van der Waals surface area contributed by atoms with Crippen LogP contribution in [0.2, 0.25) is 0 Å². The zero-order valence-electron chi connectivity index (χ0n) is 22.1. The van der Waals surface area contributed by atoms with Crippen LogP contribution in [0.5, 0.6) is 0 Å². The van der Waals surface area contributed by atoms with Crippen molar-refractivity contribution in [2.24, 2.45) is 0 Å². The monoisotopic (exact) mass is 540 g/mol. The molecule has 5 rings (SSSR count). The number of rotatable bonds is 7. The molecule has 0 spiro atoms. The van der Waals surface area contributed by atoms with Crippen molar-refractivity contribution in [1.29, 1.82) is 0 Å². The predicted molar refractivity (Wildman–Crippen MR) is 148 cm³/mol. The average molecular weight is 541 g/mol. The number of aromatic nitrogens is 2. The number of pyridine rings is 2. The number of hydrogen-bond acceptors (Lipinski definition) is 8. The van der Waals surface area contributed by atoms with E-state index < -0.39 is 17.5 Å². The van der Waals surface area contributed by atoms with E-state index in [0.29, 0.717) is 34.7 Å². The molecule has 0 saturated carbocycles. The molecule has 0 saturated heterocycles. The summed E-state index contributed by atoms with van der Waals surface area (Å²) in [4.78, 5) is 43.6. The highest BCUT2D eigenvalue weighted by atomic mass is 35.5. The Labute approximate surface area is 227 Å². The molecule has 0 bridgehead atoms. The van der Waals surface area contributed by atoms with E-state index >= 15 is 0 Å². The maximum absolute atomic E-state index is 13.8. The van der Waals surface area contributed by atoms with Crippen molar-refractivity contribution in [2.45, 2.75) is 72.1 Å². The first-order chi connectivity index (χ1) is 17.7. The second-order valence-electron chi connectivity index (χ2n) is 9.80. The normalized spacial score (nSPS) is 17.2. The van der Waals surface area contributed by atoms with Crippen molar-refractivity contribution >= 4 is 46.6 Å². The van der Waals surface area contributed by atoms with Gasteiger partial charge in [0.2, 0.25) is 5.60 Å².